The Morgan fingerprint density at radius 2 is 0.650 bits per heavy atom. The summed E-state index contributed by atoms with van der Waals surface area (Å²) in [7, 11) is 0. The van der Waals surface area contributed by atoms with Gasteiger partial charge >= 0.3 is 0 Å². The van der Waals surface area contributed by atoms with E-state index >= 15 is 0 Å². The van der Waals surface area contributed by atoms with Gasteiger partial charge in [-0.15, -0.1) is 0 Å². The lowest BCUT2D eigenvalue weighted by Crippen LogP contribution is -2.59. The van der Waals surface area contributed by atoms with Crippen LogP contribution in [0.3, 0.4) is 0 Å². The third-order valence-corrected chi connectivity index (χ3v) is 16.4. The summed E-state index contributed by atoms with van der Waals surface area (Å²) in [5, 5.41) is 0. The predicted octanol–water partition coefficient (Wildman–Crippen LogP) is 20.3. The van der Waals surface area contributed by atoms with E-state index in [1.807, 2.05) is 0 Å². The van der Waals surface area contributed by atoms with Gasteiger partial charge in [0.15, 0.2) is 0 Å². The fourth-order valence-corrected chi connectivity index (χ4v) is 10.7. The third-order valence-electron chi connectivity index (χ3n) is 16.4. The van der Waals surface area contributed by atoms with Crippen molar-refractivity contribution >= 4 is 40.2 Å². The van der Waals surface area contributed by atoms with E-state index in [0.29, 0.717) is 0 Å². The van der Waals surface area contributed by atoms with Crippen molar-refractivity contribution in [1.29, 1.82) is 0 Å². The van der Waals surface area contributed by atoms with Crippen LogP contribution >= 0.6 is 0 Å². The number of nitrogens with zero attached hydrogens (tertiary/aromatic N) is 1. The van der Waals surface area contributed by atoms with Crippen LogP contribution in [-0.2, 0) is 27.1 Å². The maximum atomic E-state index is 2.52. The molecule has 0 saturated heterocycles. The van der Waals surface area contributed by atoms with Gasteiger partial charge in [0.05, 0.1) is 0 Å². The monoisotopic (exact) mass is 1060 g/mol. The number of hydrogen-bond acceptors (Lipinski definition) is 1. The molecule has 1 aliphatic heterocycles. The van der Waals surface area contributed by atoms with Crippen molar-refractivity contribution < 1.29 is 0 Å². The maximum absolute atomic E-state index is 2.52. The summed E-state index contributed by atoms with van der Waals surface area (Å²) in [5.41, 5.74) is 31.8. The van der Waals surface area contributed by atoms with E-state index in [0.717, 1.165) is 0 Å². The van der Waals surface area contributed by atoms with Crippen LogP contribution in [0.2, 0.25) is 0 Å². The molecule has 1 aliphatic rings. The SMILES string of the molecule is Cc1cc(C)c2c(c1)N(c1ccc(C(C)(C)C)cc1)c1ccc(C(C)(C)C)cc1B2c1cc(C(C)(C)C)ccc1C.Cc1ccc(C(C)(C)C)cc1-c1ccc(C(C)(C)C)cc1.Cc1ccc(C)c(C)c1.Cc1ccc(C)c(C)c1. The molecule has 80 heavy (non-hydrogen) atoms. The molecule has 0 radical (unpaired) electrons. The number of hydrogen-bond donors (Lipinski definition) is 0. The summed E-state index contributed by atoms with van der Waals surface area (Å²) < 4.78 is 0. The smallest absolute Gasteiger partial charge is 0.247 e. The normalized spacial score (nSPS) is 12.5. The fraction of sp³-hybridized carbons (Fsp3) is 0.385. The summed E-state index contributed by atoms with van der Waals surface area (Å²) in [6.07, 6.45) is 0. The quantitative estimate of drug-likeness (QED) is 0.159. The van der Waals surface area contributed by atoms with Crippen LogP contribution in [0.5, 0.6) is 0 Å². The maximum Gasteiger partial charge on any atom is 0.247 e. The van der Waals surface area contributed by atoms with Crippen molar-refractivity contribution in [1.82, 2.24) is 0 Å². The Morgan fingerprint density at radius 3 is 1.09 bits per heavy atom. The molecular formula is C78H100BN. The van der Waals surface area contributed by atoms with Gasteiger partial charge in [0.1, 0.15) is 0 Å². The van der Waals surface area contributed by atoms with E-state index < -0.39 is 0 Å². The van der Waals surface area contributed by atoms with Crippen LogP contribution in [0.1, 0.15) is 187 Å². The molecule has 0 spiro atoms. The zero-order valence-corrected chi connectivity index (χ0v) is 54.5. The van der Waals surface area contributed by atoms with Gasteiger partial charge in [-0.2, -0.15) is 0 Å². The Morgan fingerprint density at radius 1 is 0.275 bits per heavy atom. The van der Waals surface area contributed by atoms with Crippen molar-refractivity contribution in [3.05, 3.63) is 235 Å². The number of aryl methyl sites for hydroxylation is 10. The van der Waals surface area contributed by atoms with Gasteiger partial charge < -0.3 is 4.90 Å². The van der Waals surface area contributed by atoms with Crippen molar-refractivity contribution in [2.45, 2.75) is 200 Å². The van der Waals surface area contributed by atoms with Crippen molar-refractivity contribution in [3.63, 3.8) is 0 Å². The highest BCUT2D eigenvalue weighted by molar-refractivity contribution is 6.98. The second-order valence-electron chi connectivity index (χ2n) is 28.7. The Balaban J connectivity index is 0.000000216. The first-order valence-electron chi connectivity index (χ1n) is 29.5. The lowest BCUT2D eigenvalue weighted by molar-refractivity contribution is 0.589. The minimum absolute atomic E-state index is 0.0592. The molecule has 0 N–H and O–H groups in total. The fourth-order valence-electron chi connectivity index (χ4n) is 10.7. The van der Waals surface area contributed by atoms with Gasteiger partial charge in [-0.25, -0.2) is 0 Å². The van der Waals surface area contributed by atoms with Crippen molar-refractivity contribution in [3.8, 4) is 11.1 Å². The van der Waals surface area contributed by atoms with Gasteiger partial charge in [0, 0.05) is 17.1 Å². The molecule has 0 atom stereocenters. The number of benzene rings is 8. The van der Waals surface area contributed by atoms with Crippen LogP contribution in [-0.4, -0.2) is 6.71 Å². The minimum Gasteiger partial charge on any atom is -0.312 e. The average Bonchev–Trinajstić information content (AvgIpc) is 3.47. The summed E-state index contributed by atoms with van der Waals surface area (Å²) in [6, 6.07) is 57.3. The van der Waals surface area contributed by atoms with Crippen LogP contribution in [0.4, 0.5) is 17.1 Å². The largest absolute Gasteiger partial charge is 0.312 e. The molecule has 0 amide bonds. The Labute approximate surface area is 488 Å². The Bertz CT molecular complexity index is 3370. The molecule has 8 aromatic rings. The van der Waals surface area contributed by atoms with Gasteiger partial charge in [-0.05, 0) is 204 Å². The second kappa shape index (κ2) is 24.4. The van der Waals surface area contributed by atoms with Crippen LogP contribution in [0.25, 0.3) is 11.1 Å². The highest BCUT2D eigenvalue weighted by atomic mass is 15.1. The summed E-state index contributed by atoms with van der Waals surface area (Å²) in [5.74, 6) is 0. The summed E-state index contributed by atoms with van der Waals surface area (Å²) in [4.78, 5) is 2.52. The summed E-state index contributed by atoms with van der Waals surface area (Å²) >= 11 is 0. The van der Waals surface area contributed by atoms with E-state index in [1.165, 1.54) is 128 Å². The average molecular weight is 1060 g/mol. The molecule has 2 heteroatoms. The van der Waals surface area contributed by atoms with Gasteiger partial charge in [-0.1, -0.05) is 259 Å². The molecule has 1 heterocycles. The van der Waals surface area contributed by atoms with Crippen LogP contribution in [0, 0.1) is 69.2 Å². The molecule has 0 fully saturated rings. The zero-order chi connectivity index (χ0) is 59.6. The molecule has 9 rings (SSSR count). The molecule has 0 unspecified atom stereocenters. The van der Waals surface area contributed by atoms with Gasteiger partial charge in [0.2, 0.25) is 6.71 Å². The third kappa shape index (κ3) is 15.3. The van der Waals surface area contributed by atoms with Crippen LogP contribution in [0.15, 0.2) is 152 Å². The van der Waals surface area contributed by atoms with E-state index in [1.54, 1.807) is 0 Å². The molecule has 0 bridgehead atoms. The van der Waals surface area contributed by atoms with Crippen molar-refractivity contribution in [2.24, 2.45) is 0 Å². The van der Waals surface area contributed by atoms with E-state index in [2.05, 4.69) is 330 Å². The molecule has 8 aromatic carbocycles. The second-order valence-corrected chi connectivity index (χ2v) is 28.7. The first-order chi connectivity index (χ1) is 36.9. The number of rotatable bonds is 3. The van der Waals surface area contributed by atoms with Crippen LogP contribution < -0.4 is 21.3 Å². The zero-order valence-electron chi connectivity index (χ0n) is 54.5. The van der Waals surface area contributed by atoms with E-state index in [-0.39, 0.29) is 33.8 Å². The number of fused-ring (bicyclic) bond motifs is 2. The Kier molecular flexibility index (Phi) is 19.1. The topological polar surface area (TPSA) is 3.24 Å². The lowest BCUT2D eigenvalue weighted by Gasteiger charge is -2.40. The van der Waals surface area contributed by atoms with Crippen molar-refractivity contribution in [2.75, 3.05) is 4.90 Å². The van der Waals surface area contributed by atoms with Gasteiger partial charge in [0.25, 0.3) is 0 Å². The number of anilines is 3. The lowest BCUT2D eigenvalue weighted by atomic mass is 9.33. The highest BCUT2D eigenvalue weighted by Gasteiger charge is 2.39. The Hall–Kier alpha value is -6.38. The summed E-state index contributed by atoms with van der Waals surface area (Å²) in [6.45, 7) is 56.3. The van der Waals surface area contributed by atoms with E-state index in [9.17, 15) is 0 Å². The molecule has 1 nitrogen and oxygen atoms in total. The standard InChI is InChI=1S/C39H48BN.C21H28.2C9H12/c1-25-21-27(3)36-35(22-25)41(31-18-15-28(16-19-31)37(4,5)6)34-20-17-30(39(10,11)12)24-33(34)40(36)32-23-29(38(7,8)9)14-13-26(32)2;1-15-8-11-18(21(5,6)7)14-19(15)16-9-12-17(13-10-16)20(2,3)4;2*1-7-4-5-8(2)9(3)6-7/h13-24H,1-12H3;8-14H,1-7H3;2*4-6H,1-3H3. The van der Waals surface area contributed by atoms with Gasteiger partial charge in [-0.3, -0.25) is 0 Å². The first-order valence-corrected chi connectivity index (χ1v) is 29.5. The molecule has 0 aliphatic carbocycles. The predicted molar refractivity (Wildman–Crippen MR) is 358 cm³/mol. The first kappa shape index (κ1) is 62.8. The highest BCUT2D eigenvalue weighted by Crippen LogP contribution is 2.40. The molecule has 420 valence electrons. The van der Waals surface area contributed by atoms with E-state index in [4.69, 9.17) is 0 Å². The minimum atomic E-state index is 0.0592. The molecular weight excluding hydrogens is 962 g/mol. The molecule has 0 saturated carbocycles. The molecule has 0 aromatic heterocycles.